The smallest absolute Gasteiger partial charge is 0.119 e. The fourth-order valence-corrected chi connectivity index (χ4v) is 3.38. The molecule has 25 heavy (non-hydrogen) atoms. The summed E-state index contributed by atoms with van der Waals surface area (Å²) in [7, 11) is 1.70. The molecule has 1 saturated carbocycles. The lowest BCUT2D eigenvalue weighted by Gasteiger charge is -2.24. The first kappa shape index (κ1) is 15.6. The predicted octanol–water partition coefficient (Wildman–Crippen LogP) is 4.26. The van der Waals surface area contributed by atoms with Crippen LogP contribution in [0.1, 0.15) is 24.0 Å². The van der Waals surface area contributed by atoms with Crippen molar-refractivity contribution < 1.29 is 4.74 Å². The minimum Gasteiger partial charge on any atom is -0.497 e. The third-order valence-electron chi connectivity index (χ3n) is 4.86. The first-order valence-electron chi connectivity index (χ1n) is 8.69. The first-order valence-corrected chi connectivity index (χ1v) is 8.69. The maximum atomic E-state index is 9.20. The van der Waals surface area contributed by atoms with Gasteiger partial charge in [0.15, 0.2) is 0 Å². The number of nitrogens with one attached hydrogen (secondary N) is 1. The Hall–Kier alpha value is -2.93. The Morgan fingerprint density at radius 3 is 2.88 bits per heavy atom. The Bertz CT molecular complexity index is 934. The number of benzene rings is 2. The van der Waals surface area contributed by atoms with Crippen LogP contribution in [0.4, 0.5) is 5.69 Å². The van der Waals surface area contributed by atoms with E-state index in [1.807, 2.05) is 30.3 Å². The van der Waals surface area contributed by atoms with Crippen molar-refractivity contribution >= 4 is 16.6 Å². The van der Waals surface area contributed by atoms with Crippen LogP contribution in [0.3, 0.4) is 0 Å². The molecule has 1 heterocycles. The van der Waals surface area contributed by atoms with E-state index in [-0.39, 0.29) is 0 Å². The fourth-order valence-electron chi connectivity index (χ4n) is 3.38. The molecule has 0 saturated heterocycles. The molecule has 4 rings (SSSR count). The number of hydrogen-bond acceptors (Lipinski definition) is 3. The van der Waals surface area contributed by atoms with Gasteiger partial charge in [-0.2, -0.15) is 5.26 Å². The number of aromatic amines is 1. The second kappa shape index (κ2) is 6.52. The fraction of sp³-hybridized carbons (Fsp3) is 0.286. The average molecular weight is 331 g/mol. The molecule has 0 unspecified atom stereocenters. The minimum atomic E-state index is 0.607. The first-order chi connectivity index (χ1) is 12.3. The van der Waals surface area contributed by atoms with Gasteiger partial charge in [-0.25, -0.2) is 0 Å². The second-order valence-electron chi connectivity index (χ2n) is 6.57. The van der Waals surface area contributed by atoms with Gasteiger partial charge in [-0.3, -0.25) is 0 Å². The van der Waals surface area contributed by atoms with Gasteiger partial charge in [-0.15, -0.1) is 0 Å². The molecule has 0 spiro atoms. The van der Waals surface area contributed by atoms with Crippen LogP contribution in [0.2, 0.25) is 0 Å². The maximum Gasteiger partial charge on any atom is 0.119 e. The molecule has 4 nitrogen and oxygen atoms in total. The van der Waals surface area contributed by atoms with Crippen molar-refractivity contribution in [2.75, 3.05) is 18.6 Å². The van der Waals surface area contributed by atoms with Gasteiger partial charge < -0.3 is 14.6 Å². The third-order valence-corrected chi connectivity index (χ3v) is 4.86. The summed E-state index contributed by atoms with van der Waals surface area (Å²) in [5.74, 6) is 0.904. The monoisotopic (exact) mass is 331 g/mol. The molecule has 1 fully saturated rings. The molecule has 4 heteroatoms. The maximum absolute atomic E-state index is 9.20. The molecule has 1 aromatic heterocycles. The summed E-state index contributed by atoms with van der Waals surface area (Å²) < 4.78 is 5.33. The number of nitrogens with zero attached hydrogens (tertiary/aromatic N) is 2. The summed E-state index contributed by atoms with van der Waals surface area (Å²) in [5.41, 5.74) is 4.28. The lowest BCUT2D eigenvalue weighted by molar-refractivity contribution is 0.414. The van der Waals surface area contributed by atoms with E-state index < -0.39 is 0 Å². The van der Waals surface area contributed by atoms with E-state index in [0.29, 0.717) is 11.6 Å². The van der Waals surface area contributed by atoms with Gasteiger partial charge in [0, 0.05) is 29.7 Å². The highest BCUT2D eigenvalue weighted by molar-refractivity contribution is 5.94. The highest BCUT2D eigenvalue weighted by Gasteiger charge is 2.30. The summed E-state index contributed by atoms with van der Waals surface area (Å²) in [4.78, 5) is 5.83. The van der Waals surface area contributed by atoms with E-state index in [4.69, 9.17) is 4.74 Å². The Labute approximate surface area is 147 Å². The van der Waals surface area contributed by atoms with Crippen LogP contribution in [0.25, 0.3) is 10.9 Å². The minimum absolute atomic E-state index is 0.607. The lowest BCUT2D eigenvalue weighted by Crippen LogP contribution is -2.27. The molecule has 0 atom stereocenters. The van der Waals surface area contributed by atoms with Gasteiger partial charge in [-0.05, 0) is 55.2 Å². The standard InChI is InChI=1S/C21H21N3O/c1-25-18-4-2-3-15(11-18)9-10-24(17-6-7-17)21-14-23-20-8-5-16(13-22)12-19(20)21/h2-5,8,11-12,14,17,23H,6-7,9-10H2,1H3. The highest BCUT2D eigenvalue weighted by atomic mass is 16.5. The van der Waals surface area contributed by atoms with Crippen LogP contribution in [-0.4, -0.2) is 24.7 Å². The van der Waals surface area contributed by atoms with E-state index in [2.05, 4.69) is 34.3 Å². The summed E-state index contributed by atoms with van der Waals surface area (Å²) in [5, 5.41) is 10.3. The van der Waals surface area contributed by atoms with E-state index in [1.165, 1.54) is 24.1 Å². The van der Waals surface area contributed by atoms with E-state index >= 15 is 0 Å². The van der Waals surface area contributed by atoms with Gasteiger partial charge in [0.2, 0.25) is 0 Å². The predicted molar refractivity (Wildman–Crippen MR) is 100 cm³/mol. The number of nitriles is 1. The van der Waals surface area contributed by atoms with Crippen molar-refractivity contribution in [3.8, 4) is 11.8 Å². The molecular weight excluding hydrogens is 310 g/mol. The van der Waals surface area contributed by atoms with Crippen LogP contribution in [-0.2, 0) is 6.42 Å². The normalized spacial score (nSPS) is 13.6. The van der Waals surface area contributed by atoms with Crippen molar-refractivity contribution in [2.24, 2.45) is 0 Å². The molecule has 0 aliphatic heterocycles. The van der Waals surface area contributed by atoms with Crippen LogP contribution in [0, 0.1) is 11.3 Å². The van der Waals surface area contributed by atoms with Gasteiger partial charge in [-0.1, -0.05) is 12.1 Å². The number of H-pyrrole nitrogens is 1. The highest BCUT2D eigenvalue weighted by Crippen LogP contribution is 2.36. The van der Waals surface area contributed by atoms with Crippen LogP contribution in [0.5, 0.6) is 5.75 Å². The van der Waals surface area contributed by atoms with Crippen molar-refractivity contribution in [1.29, 1.82) is 5.26 Å². The summed E-state index contributed by atoms with van der Waals surface area (Å²) in [6, 6.07) is 17.0. The van der Waals surface area contributed by atoms with Crippen LogP contribution in [0.15, 0.2) is 48.7 Å². The van der Waals surface area contributed by atoms with Gasteiger partial charge in [0.25, 0.3) is 0 Å². The Kier molecular flexibility index (Phi) is 4.07. The largest absolute Gasteiger partial charge is 0.497 e. The van der Waals surface area contributed by atoms with Crippen LogP contribution >= 0.6 is 0 Å². The quantitative estimate of drug-likeness (QED) is 0.734. The van der Waals surface area contributed by atoms with Crippen molar-refractivity contribution in [3.05, 3.63) is 59.8 Å². The molecule has 1 aliphatic carbocycles. The number of ether oxygens (including phenoxy) is 1. The third kappa shape index (κ3) is 3.18. The van der Waals surface area contributed by atoms with Crippen molar-refractivity contribution in [2.45, 2.75) is 25.3 Å². The number of rotatable bonds is 6. The van der Waals surface area contributed by atoms with Gasteiger partial charge in [0.1, 0.15) is 5.75 Å². The molecule has 0 bridgehead atoms. The van der Waals surface area contributed by atoms with Crippen molar-refractivity contribution in [3.63, 3.8) is 0 Å². The molecule has 2 aromatic carbocycles. The molecule has 1 N–H and O–H groups in total. The molecule has 3 aromatic rings. The topological polar surface area (TPSA) is 52.0 Å². The molecule has 1 aliphatic rings. The average Bonchev–Trinajstić information content (AvgIpc) is 3.42. The lowest BCUT2D eigenvalue weighted by atomic mass is 10.1. The number of aromatic nitrogens is 1. The zero-order valence-electron chi connectivity index (χ0n) is 14.3. The zero-order valence-corrected chi connectivity index (χ0v) is 14.3. The number of fused-ring (bicyclic) bond motifs is 1. The molecule has 0 radical (unpaired) electrons. The number of anilines is 1. The molecular formula is C21H21N3O. The van der Waals surface area contributed by atoms with Crippen LogP contribution < -0.4 is 9.64 Å². The Morgan fingerprint density at radius 2 is 2.12 bits per heavy atom. The SMILES string of the molecule is COc1cccc(CCN(c2c[nH]c3ccc(C#N)cc23)C2CC2)c1. The zero-order chi connectivity index (χ0) is 17.2. The molecule has 126 valence electrons. The molecule has 0 amide bonds. The number of hydrogen-bond donors (Lipinski definition) is 1. The van der Waals surface area contributed by atoms with E-state index in [0.717, 1.165) is 29.6 Å². The summed E-state index contributed by atoms with van der Waals surface area (Å²) >= 11 is 0. The van der Waals surface area contributed by atoms with Gasteiger partial charge in [0.05, 0.1) is 24.4 Å². The van der Waals surface area contributed by atoms with Gasteiger partial charge >= 0.3 is 0 Å². The second-order valence-corrected chi connectivity index (χ2v) is 6.57. The number of methoxy groups -OCH3 is 1. The Morgan fingerprint density at radius 1 is 1.24 bits per heavy atom. The van der Waals surface area contributed by atoms with E-state index in [1.54, 1.807) is 7.11 Å². The summed E-state index contributed by atoms with van der Waals surface area (Å²) in [6.07, 6.45) is 5.53. The Balaban J connectivity index is 1.60. The van der Waals surface area contributed by atoms with E-state index in [9.17, 15) is 5.26 Å². The summed E-state index contributed by atoms with van der Waals surface area (Å²) in [6.45, 7) is 0.960. The van der Waals surface area contributed by atoms with Crippen molar-refractivity contribution in [1.82, 2.24) is 4.98 Å².